The van der Waals surface area contributed by atoms with E-state index in [0.717, 1.165) is 5.92 Å². The predicted octanol–water partition coefficient (Wildman–Crippen LogP) is 2.56. The van der Waals surface area contributed by atoms with Crippen LogP contribution in [0.4, 0.5) is 0 Å². The molecule has 0 aromatic carbocycles. The van der Waals surface area contributed by atoms with Gasteiger partial charge in [0.05, 0.1) is 0 Å². The van der Waals surface area contributed by atoms with Crippen molar-refractivity contribution in [1.29, 1.82) is 0 Å². The van der Waals surface area contributed by atoms with Crippen LogP contribution in [0.25, 0.3) is 0 Å². The first-order valence-electron chi connectivity index (χ1n) is 4.72. The summed E-state index contributed by atoms with van der Waals surface area (Å²) < 4.78 is 0. The molecule has 1 nitrogen and oxygen atoms in total. The second-order valence-electron chi connectivity index (χ2n) is 4.74. The molecule has 1 heteroatoms. The van der Waals surface area contributed by atoms with E-state index in [2.05, 4.69) is 39.9 Å². The van der Waals surface area contributed by atoms with Gasteiger partial charge in [-0.2, -0.15) is 0 Å². The lowest BCUT2D eigenvalue weighted by Crippen LogP contribution is -2.74. The Morgan fingerprint density at radius 2 is 1.82 bits per heavy atom. The van der Waals surface area contributed by atoms with Crippen molar-refractivity contribution in [2.24, 2.45) is 5.92 Å². The van der Waals surface area contributed by atoms with Crippen LogP contribution in [0, 0.1) is 5.92 Å². The Labute approximate surface area is 70.6 Å². The Hall–Kier alpha value is -0.0400. The molecule has 1 saturated heterocycles. The van der Waals surface area contributed by atoms with E-state index in [-0.39, 0.29) is 0 Å². The lowest BCUT2D eigenvalue weighted by atomic mass is 9.63. The van der Waals surface area contributed by atoms with Crippen LogP contribution in [-0.2, 0) is 0 Å². The van der Waals surface area contributed by atoms with Crippen molar-refractivity contribution in [3.63, 3.8) is 0 Å². The minimum absolute atomic E-state index is 0.365. The van der Waals surface area contributed by atoms with Crippen LogP contribution in [0.15, 0.2) is 0 Å². The van der Waals surface area contributed by atoms with Gasteiger partial charge < -0.3 is 5.32 Å². The van der Waals surface area contributed by atoms with Crippen molar-refractivity contribution in [2.75, 3.05) is 0 Å². The zero-order valence-corrected chi connectivity index (χ0v) is 8.49. The van der Waals surface area contributed by atoms with Gasteiger partial charge in [0.1, 0.15) is 0 Å². The molecule has 0 aromatic heterocycles. The molecule has 1 aliphatic rings. The van der Waals surface area contributed by atoms with E-state index in [1.807, 2.05) is 0 Å². The number of hydrogen-bond donors (Lipinski definition) is 1. The highest BCUT2D eigenvalue weighted by Crippen LogP contribution is 2.41. The van der Waals surface area contributed by atoms with Crippen molar-refractivity contribution in [2.45, 2.75) is 58.5 Å². The lowest BCUT2D eigenvalue weighted by molar-refractivity contribution is -0.00664. The quantitative estimate of drug-likeness (QED) is 0.646. The first kappa shape index (κ1) is 9.05. The highest BCUT2D eigenvalue weighted by Gasteiger charge is 2.51. The maximum absolute atomic E-state index is 3.65. The van der Waals surface area contributed by atoms with Crippen LogP contribution < -0.4 is 5.32 Å². The highest BCUT2D eigenvalue weighted by atomic mass is 15.1. The van der Waals surface area contributed by atoms with Crippen molar-refractivity contribution in [3.8, 4) is 0 Å². The molecule has 0 spiro atoms. The molecule has 1 aliphatic heterocycles. The summed E-state index contributed by atoms with van der Waals surface area (Å²) in [7, 11) is 0. The van der Waals surface area contributed by atoms with E-state index in [1.54, 1.807) is 0 Å². The van der Waals surface area contributed by atoms with Gasteiger partial charge >= 0.3 is 0 Å². The van der Waals surface area contributed by atoms with Gasteiger partial charge in [-0.3, -0.25) is 0 Å². The maximum Gasteiger partial charge on any atom is 0.0201 e. The number of nitrogens with one attached hydrogen (secondary N) is 1. The molecular weight excluding hydrogens is 134 g/mol. The van der Waals surface area contributed by atoms with Crippen molar-refractivity contribution in [3.05, 3.63) is 0 Å². The van der Waals surface area contributed by atoms with Gasteiger partial charge in [-0.05, 0) is 33.1 Å². The molecule has 2 atom stereocenters. The summed E-state index contributed by atoms with van der Waals surface area (Å²) in [6.45, 7) is 11.5. The fourth-order valence-electron chi connectivity index (χ4n) is 2.47. The molecule has 1 heterocycles. The van der Waals surface area contributed by atoms with Gasteiger partial charge in [0.25, 0.3) is 0 Å². The molecular formula is C10H21N. The minimum Gasteiger partial charge on any atom is -0.306 e. The van der Waals surface area contributed by atoms with Gasteiger partial charge in [-0.15, -0.1) is 0 Å². The van der Waals surface area contributed by atoms with Crippen molar-refractivity contribution in [1.82, 2.24) is 5.32 Å². The third kappa shape index (κ3) is 1.31. The van der Waals surface area contributed by atoms with E-state index in [4.69, 9.17) is 0 Å². The normalized spacial score (nSPS) is 41.7. The van der Waals surface area contributed by atoms with E-state index >= 15 is 0 Å². The summed E-state index contributed by atoms with van der Waals surface area (Å²) in [6.07, 6.45) is 2.58. The van der Waals surface area contributed by atoms with E-state index < -0.39 is 0 Å². The van der Waals surface area contributed by atoms with E-state index in [1.165, 1.54) is 12.8 Å². The summed E-state index contributed by atoms with van der Waals surface area (Å²) in [4.78, 5) is 0. The first-order chi connectivity index (χ1) is 4.92. The Balaban J connectivity index is 2.54. The molecule has 1 N–H and O–H groups in total. The lowest BCUT2D eigenvalue weighted by Gasteiger charge is -2.59. The summed E-state index contributed by atoms with van der Waals surface area (Å²) in [5.41, 5.74) is 0.780. The Kier molecular flexibility index (Phi) is 2.04. The van der Waals surface area contributed by atoms with Gasteiger partial charge in [0, 0.05) is 11.1 Å². The molecule has 0 saturated carbocycles. The molecule has 1 rings (SSSR count). The van der Waals surface area contributed by atoms with Gasteiger partial charge in [-0.25, -0.2) is 0 Å². The van der Waals surface area contributed by atoms with Gasteiger partial charge in [0.15, 0.2) is 0 Å². The third-order valence-corrected chi connectivity index (χ3v) is 3.42. The summed E-state index contributed by atoms with van der Waals surface area (Å²) in [5, 5.41) is 3.65. The molecule has 66 valence electrons. The third-order valence-electron chi connectivity index (χ3n) is 3.42. The largest absolute Gasteiger partial charge is 0.306 e. The van der Waals surface area contributed by atoms with Crippen LogP contribution in [0.3, 0.4) is 0 Å². The second kappa shape index (κ2) is 2.48. The topological polar surface area (TPSA) is 12.0 Å². The highest BCUT2D eigenvalue weighted by molar-refractivity contribution is 5.11. The van der Waals surface area contributed by atoms with Crippen LogP contribution in [0.5, 0.6) is 0 Å². The maximum atomic E-state index is 3.65. The monoisotopic (exact) mass is 155 g/mol. The van der Waals surface area contributed by atoms with Gasteiger partial charge in [0.2, 0.25) is 0 Å². The first-order valence-corrected chi connectivity index (χ1v) is 4.72. The Morgan fingerprint density at radius 3 is 2.09 bits per heavy atom. The fourth-order valence-corrected chi connectivity index (χ4v) is 2.47. The van der Waals surface area contributed by atoms with Crippen molar-refractivity contribution < 1.29 is 0 Å². The van der Waals surface area contributed by atoms with Gasteiger partial charge in [-0.1, -0.05) is 20.3 Å². The molecule has 1 fully saturated rings. The molecule has 0 aromatic rings. The van der Waals surface area contributed by atoms with Crippen LogP contribution in [0.2, 0.25) is 0 Å². The summed E-state index contributed by atoms with van der Waals surface area (Å²) in [5.74, 6) is 0.801. The molecule has 2 unspecified atom stereocenters. The zero-order valence-electron chi connectivity index (χ0n) is 8.49. The molecule has 0 radical (unpaired) electrons. The van der Waals surface area contributed by atoms with Crippen molar-refractivity contribution >= 4 is 0 Å². The fraction of sp³-hybridized carbons (Fsp3) is 1.00. The average molecular weight is 155 g/mol. The second-order valence-corrected chi connectivity index (χ2v) is 4.74. The predicted molar refractivity (Wildman–Crippen MR) is 49.7 cm³/mol. The summed E-state index contributed by atoms with van der Waals surface area (Å²) in [6, 6.07) is 0. The standard InChI is InChI=1S/C10H21N/c1-6-7-10(5)8(2)9(3,4)11-10/h8,11H,6-7H2,1-5H3. The smallest absolute Gasteiger partial charge is 0.0201 e. The van der Waals surface area contributed by atoms with E-state index in [0.29, 0.717) is 11.1 Å². The molecule has 0 bridgehead atoms. The number of hydrogen-bond acceptors (Lipinski definition) is 1. The van der Waals surface area contributed by atoms with Crippen LogP contribution in [-0.4, -0.2) is 11.1 Å². The number of rotatable bonds is 2. The summed E-state index contributed by atoms with van der Waals surface area (Å²) >= 11 is 0. The van der Waals surface area contributed by atoms with Crippen LogP contribution in [0.1, 0.15) is 47.5 Å². The SMILES string of the molecule is CCCC1(C)NC(C)(C)C1C. The Morgan fingerprint density at radius 1 is 1.27 bits per heavy atom. The van der Waals surface area contributed by atoms with Crippen LogP contribution >= 0.6 is 0 Å². The zero-order chi connectivity index (χ0) is 8.70. The minimum atomic E-state index is 0.365. The Bertz CT molecular complexity index is 151. The molecule has 0 aliphatic carbocycles. The van der Waals surface area contributed by atoms with E-state index in [9.17, 15) is 0 Å². The molecule has 11 heavy (non-hydrogen) atoms. The average Bonchev–Trinajstić information content (AvgIpc) is 1.86. The molecule has 0 amide bonds.